The average molecular weight is 409 g/mol. The number of nitrogens with one attached hydrogen (secondary N) is 2. The summed E-state index contributed by atoms with van der Waals surface area (Å²) in [6, 6.07) is 18.9. The van der Waals surface area contributed by atoms with E-state index in [1.54, 1.807) is 12.4 Å². The van der Waals surface area contributed by atoms with Crippen LogP contribution in [0.25, 0.3) is 28.0 Å². The van der Waals surface area contributed by atoms with Gasteiger partial charge in [-0.3, -0.25) is 4.57 Å². The minimum Gasteiger partial charge on any atom is -0.350 e. The number of aromatic nitrogens is 4. The van der Waals surface area contributed by atoms with Crippen molar-refractivity contribution in [3.05, 3.63) is 66.6 Å². The Morgan fingerprint density at radius 1 is 1.13 bits per heavy atom. The van der Waals surface area contributed by atoms with Crippen molar-refractivity contribution in [1.82, 2.24) is 24.8 Å². The highest BCUT2D eigenvalue weighted by Gasteiger charge is 2.17. The lowest BCUT2D eigenvalue weighted by atomic mass is 10.1. The molecule has 3 heterocycles. The highest BCUT2D eigenvalue weighted by molar-refractivity contribution is 5.86. The molecule has 1 saturated heterocycles. The molecule has 31 heavy (non-hydrogen) atoms. The Morgan fingerprint density at radius 2 is 2.03 bits per heavy atom. The maximum atomic E-state index is 9.34. The van der Waals surface area contributed by atoms with E-state index in [1.165, 1.54) is 5.39 Å². The van der Waals surface area contributed by atoms with Crippen molar-refractivity contribution in [2.45, 2.75) is 25.3 Å². The van der Waals surface area contributed by atoms with E-state index in [4.69, 9.17) is 4.98 Å². The molecule has 1 aliphatic rings. The molecule has 1 aliphatic heterocycles. The summed E-state index contributed by atoms with van der Waals surface area (Å²) in [5, 5.41) is 18.5. The molecule has 0 amide bonds. The fourth-order valence-electron chi connectivity index (χ4n) is 4.08. The van der Waals surface area contributed by atoms with Crippen molar-refractivity contribution in [2.75, 3.05) is 18.4 Å². The molecule has 1 fully saturated rings. The molecular formula is C24H23N7. The lowest BCUT2D eigenvalue weighted by Gasteiger charge is -2.23. The predicted molar refractivity (Wildman–Crippen MR) is 121 cm³/mol. The van der Waals surface area contributed by atoms with E-state index in [1.807, 2.05) is 22.8 Å². The van der Waals surface area contributed by atoms with Crippen LogP contribution in [0.5, 0.6) is 0 Å². The number of anilines is 1. The van der Waals surface area contributed by atoms with Gasteiger partial charge < -0.3 is 10.6 Å². The Bertz CT molecular complexity index is 1250. The van der Waals surface area contributed by atoms with Crippen LogP contribution in [0, 0.1) is 11.3 Å². The van der Waals surface area contributed by atoms with Gasteiger partial charge in [0.15, 0.2) is 0 Å². The summed E-state index contributed by atoms with van der Waals surface area (Å²) in [6.07, 6.45) is 5.99. The third-order valence-corrected chi connectivity index (χ3v) is 5.60. The lowest BCUT2D eigenvalue weighted by Crippen LogP contribution is -2.38. The largest absolute Gasteiger partial charge is 0.350 e. The predicted octanol–water partition coefficient (Wildman–Crippen LogP) is 3.71. The SMILES string of the molecule is N#CCc1cnc(-c2ccc3ccccc3c2)n1-c1ccnc(N[C@H]2CCCNC2)n1. The minimum absolute atomic E-state index is 0.250. The van der Waals surface area contributed by atoms with Crippen LogP contribution in [0.3, 0.4) is 0 Å². The third kappa shape index (κ3) is 3.98. The maximum absolute atomic E-state index is 9.34. The zero-order valence-electron chi connectivity index (χ0n) is 17.1. The molecule has 7 nitrogen and oxygen atoms in total. The van der Waals surface area contributed by atoms with E-state index in [2.05, 4.69) is 57.0 Å². The zero-order valence-corrected chi connectivity index (χ0v) is 17.1. The zero-order chi connectivity index (χ0) is 21.0. The molecule has 1 atom stereocenters. The fourth-order valence-corrected chi connectivity index (χ4v) is 4.08. The number of fused-ring (bicyclic) bond motifs is 1. The van der Waals surface area contributed by atoms with Crippen molar-refractivity contribution in [3.63, 3.8) is 0 Å². The molecule has 0 radical (unpaired) electrons. The first-order valence-electron chi connectivity index (χ1n) is 10.6. The quantitative estimate of drug-likeness (QED) is 0.522. The van der Waals surface area contributed by atoms with E-state index in [-0.39, 0.29) is 6.42 Å². The maximum Gasteiger partial charge on any atom is 0.224 e. The van der Waals surface area contributed by atoms with Gasteiger partial charge in [-0.1, -0.05) is 36.4 Å². The van der Waals surface area contributed by atoms with Crippen LogP contribution in [-0.4, -0.2) is 38.7 Å². The first-order chi connectivity index (χ1) is 15.3. The summed E-state index contributed by atoms with van der Waals surface area (Å²) >= 11 is 0. The Kier molecular flexibility index (Phi) is 5.29. The van der Waals surface area contributed by atoms with Gasteiger partial charge in [-0.2, -0.15) is 10.2 Å². The average Bonchev–Trinajstić information content (AvgIpc) is 3.23. The number of benzene rings is 2. The van der Waals surface area contributed by atoms with Gasteiger partial charge in [0.2, 0.25) is 5.95 Å². The summed E-state index contributed by atoms with van der Waals surface area (Å²) < 4.78 is 1.96. The number of nitrogens with zero attached hydrogens (tertiary/aromatic N) is 5. The van der Waals surface area contributed by atoms with Crippen molar-refractivity contribution >= 4 is 16.7 Å². The molecule has 154 valence electrons. The van der Waals surface area contributed by atoms with Crippen LogP contribution in [0.1, 0.15) is 18.5 Å². The van der Waals surface area contributed by atoms with Crippen LogP contribution >= 0.6 is 0 Å². The molecule has 7 heteroatoms. The molecule has 4 aromatic rings. The molecule has 0 bridgehead atoms. The molecule has 0 aliphatic carbocycles. The number of imidazole rings is 1. The molecular weight excluding hydrogens is 386 g/mol. The Balaban J connectivity index is 1.55. The van der Waals surface area contributed by atoms with E-state index >= 15 is 0 Å². The molecule has 0 saturated carbocycles. The van der Waals surface area contributed by atoms with Crippen molar-refractivity contribution in [3.8, 4) is 23.3 Å². The van der Waals surface area contributed by atoms with Crippen molar-refractivity contribution in [1.29, 1.82) is 5.26 Å². The van der Waals surface area contributed by atoms with Crippen molar-refractivity contribution < 1.29 is 0 Å². The van der Waals surface area contributed by atoms with E-state index in [0.717, 1.165) is 48.4 Å². The van der Waals surface area contributed by atoms with Gasteiger partial charge in [-0.15, -0.1) is 0 Å². The van der Waals surface area contributed by atoms with Crippen LogP contribution in [0.4, 0.5) is 5.95 Å². The number of rotatable bonds is 5. The summed E-state index contributed by atoms with van der Waals surface area (Å²) in [4.78, 5) is 13.8. The summed E-state index contributed by atoms with van der Waals surface area (Å²) in [6.45, 7) is 1.96. The molecule has 2 aromatic carbocycles. The number of piperidine rings is 1. The molecule has 0 spiro atoms. The highest BCUT2D eigenvalue weighted by atomic mass is 15.2. The van der Waals surface area contributed by atoms with Gasteiger partial charge in [0, 0.05) is 24.3 Å². The lowest BCUT2D eigenvalue weighted by molar-refractivity contribution is 0.478. The minimum atomic E-state index is 0.250. The Labute approximate surface area is 180 Å². The summed E-state index contributed by atoms with van der Waals surface area (Å²) in [7, 11) is 0. The molecule has 2 N–H and O–H groups in total. The van der Waals surface area contributed by atoms with Crippen LogP contribution in [0.2, 0.25) is 0 Å². The van der Waals surface area contributed by atoms with E-state index in [9.17, 15) is 5.26 Å². The van der Waals surface area contributed by atoms with Gasteiger partial charge in [0.1, 0.15) is 11.6 Å². The second-order valence-electron chi connectivity index (χ2n) is 7.73. The van der Waals surface area contributed by atoms with E-state index < -0.39 is 0 Å². The number of hydrogen-bond donors (Lipinski definition) is 2. The van der Waals surface area contributed by atoms with Crippen LogP contribution in [0.15, 0.2) is 60.9 Å². The Hall–Kier alpha value is -3.76. The summed E-state index contributed by atoms with van der Waals surface area (Å²) in [5.41, 5.74) is 1.78. The second-order valence-corrected chi connectivity index (χ2v) is 7.73. The first kappa shape index (κ1) is 19.2. The second kappa shape index (κ2) is 8.54. The van der Waals surface area contributed by atoms with Gasteiger partial charge in [-0.25, -0.2) is 9.97 Å². The number of nitriles is 1. The van der Waals surface area contributed by atoms with Gasteiger partial charge in [-0.05, 0) is 42.3 Å². The normalized spacial score (nSPS) is 16.2. The molecule has 5 rings (SSSR count). The monoisotopic (exact) mass is 409 g/mol. The van der Waals surface area contributed by atoms with Crippen LogP contribution in [-0.2, 0) is 6.42 Å². The third-order valence-electron chi connectivity index (χ3n) is 5.60. The van der Waals surface area contributed by atoms with Gasteiger partial charge in [0.05, 0.1) is 24.4 Å². The number of hydrogen-bond acceptors (Lipinski definition) is 6. The Morgan fingerprint density at radius 3 is 2.87 bits per heavy atom. The smallest absolute Gasteiger partial charge is 0.224 e. The fraction of sp³-hybridized carbons (Fsp3) is 0.250. The highest BCUT2D eigenvalue weighted by Crippen LogP contribution is 2.27. The topological polar surface area (TPSA) is 91.5 Å². The van der Waals surface area contributed by atoms with Gasteiger partial charge in [0.25, 0.3) is 0 Å². The standard InChI is InChI=1S/C24H23N7/c25-11-9-21-16-28-23(19-8-7-17-4-1-2-5-18(17)14-19)31(21)22-10-13-27-24(30-22)29-20-6-3-12-26-15-20/h1-2,4-5,7-8,10,13-14,16,20,26H,3,6,9,12,15H2,(H,27,29,30)/t20-/m0/s1. The van der Waals surface area contributed by atoms with E-state index in [0.29, 0.717) is 17.8 Å². The first-order valence-corrected chi connectivity index (χ1v) is 10.6. The molecule has 2 aromatic heterocycles. The summed E-state index contributed by atoms with van der Waals surface area (Å²) in [5.74, 6) is 2.06. The molecule has 0 unspecified atom stereocenters. The van der Waals surface area contributed by atoms with Crippen LogP contribution < -0.4 is 10.6 Å². The van der Waals surface area contributed by atoms with Gasteiger partial charge >= 0.3 is 0 Å². The van der Waals surface area contributed by atoms with Crippen molar-refractivity contribution in [2.24, 2.45) is 0 Å².